The zero-order chi connectivity index (χ0) is 15.6. The van der Waals surface area contributed by atoms with E-state index in [-0.39, 0.29) is 16.1 Å². The Morgan fingerprint density at radius 3 is 2.62 bits per heavy atom. The molecular weight excluding hydrogens is 312 g/mol. The average Bonchev–Trinajstić information content (AvgIpc) is 2.93. The molecule has 21 heavy (non-hydrogen) atoms. The van der Waals surface area contributed by atoms with Crippen LogP contribution in [0.15, 0.2) is 15.4 Å². The van der Waals surface area contributed by atoms with Gasteiger partial charge in [0.05, 0.1) is 6.54 Å². The minimum absolute atomic E-state index is 0.121. The minimum Gasteiger partial charge on any atom is -0.464 e. The van der Waals surface area contributed by atoms with Crippen molar-refractivity contribution < 1.29 is 12.8 Å². The first-order valence-electron chi connectivity index (χ1n) is 6.43. The average molecular weight is 330 g/mol. The van der Waals surface area contributed by atoms with Crippen LogP contribution in [0, 0.1) is 13.8 Å². The van der Waals surface area contributed by atoms with Crippen molar-refractivity contribution in [3.05, 3.63) is 22.6 Å². The van der Waals surface area contributed by atoms with E-state index in [9.17, 15) is 8.42 Å². The quantitative estimate of drug-likeness (QED) is 0.841. The van der Waals surface area contributed by atoms with E-state index in [1.807, 2.05) is 13.8 Å². The lowest BCUT2D eigenvalue weighted by atomic mass is 10.3. The maximum atomic E-state index is 12.3. The second kappa shape index (κ2) is 6.12. The first-order valence-corrected chi connectivity index (χ1v) is 8.73. The fourth-order valence-electron chi connectivity index (χ4n) is 1.69. The summed E-state index contributed by atoms with van der Waals surface area (Å²) in [5.74, 6) is 0.930. The van der Waals surface area contributed by atoms with Gasteiger partial charge >= 0.3 is 0 Å². The van der Waals surface area contributed by atoms with E-state index in [0.29, 0.717) is 23.1 Å². The number of hydrogen-bond donors (Lipinski definition) is 2. The highest BCUT2D eigenvalue weighted by atomic mass is 32.2. The fourth-order valence-corrected chi connectivity index (χ4v) is 3.72. The summed E-state index contributed by atoms with van der Waals surface area (Å²) >= 11 is 1.18. The summed E-state index contributed by atoms with van der Waals surface area (Å²) in [7, 11) is -3.71. The Hall–Kier alpha value is -1.45. The van der Waals surface area contributed by atoms with Gasteiger partial charge in [0.2, 0.25) is 5.13 Å². The summed E-state index contributed by atoms with van der Waals surface area (Å²) in [4.78, 5) is 0.121. The zero-order valence-electron chi connectivity index (χ0n) is 12.3. The molecule has 2 heterocycles. The summed E-state index contributed by atoms with van der Waals surface area (Å²) in [6, 6.07) is 1.82. The van der Waals surface area contributed by atoms with Crippen LogP contribution >= 0.6 is 11.3 Å². The van der Waals surface area contributed by atoms with Crippen molar-refractivity contribution in [2.45, 2.75) is 45.2 Å². The van der Waals surface area contributed by atoms with Crippen molar-refractivity contribution in [1.29, 1.82) is 0 Å². The normalized spacial score (nSPS) is 12.0. The molecule has 0 radical (unpaired) electrons. The largest absolute Gasteiger partial charge is 0.464 e. The van der Waals surface area contributed by atoms with E-state index in [0.717, 1.165) is 0 Å². The lowest BCUT2D eigenvalue weighted by Crippen LogP contribution is -2.21. The number of aryl methyl sites for hydroxylation is 2. The highest BCUT2D eigenvalue weighted by molar-refractivity contribution is 7.93. The molecule has 2 aromatic heterocycles. The van der Waals surface area contributed by atoms with Gasteiger partial charge < -0.3 is 9.73 Å². The second-order valence-electron chi connectivity index (χ2n) is 4.90. The lowest BCUT2D eigenvalue weighted by molar-refractivity contribution is 0.444. The van der Waals surface area contributed by atoms with Crippen LogP contribution in [-0.4, -0.2) is 24.7 Å². The monoisotopic (exact) mass is 330 g/mol. The van der Waals surface area contributed by atoms with Crippen molar-refractivity contribution in [3.63, 3.8) is 0 Å². The molecule has 0 spiro atoms. The number of rotatable bonds is 6. The molecule has 7 nitrogen and oxygen atoms in total. The first kappa shape index (κ1) is 15.9. The molecule has 2 N–H and O–H groups in total. The third kappa shape index (κ3) is 4.02. The summed E-state index contributed by atoms with van der Waals surface area (Å²) in [5.41, 5.74) is 0. The molecule has 116 valence electrons. The molecule has 0 unspecified atom stereocenters. The predicted octanol–water partition coefficient (Wildman–Crippen LogP) is 2.05. The number of hydrogen-bond acceptors (Lipinski definition) is 7. The lowest BCUT2D eigenvalue weighted by Gasteiger charge is -2.04. The van der Waals surface area contributed by atoms with Crippen molar-refractivity contribution in [2.24, 2.45) is 0 Å². The topological polar surface area (TPSA) is 97.1 Å². The van der Waals surface area contributed by atoms with E-state index < -0.39 is 10.0 Å². The third-order valence-corrected chi connectivity index (χ3v) is 4.97. The SMILES string of the molecule is Cc1nnc(NS(=O)(=O)c2cc(CNC(C)C)oc2C)s1. The summed E-state index contributed by atoms with van der Waals surface area (Å²) in [6.45, 7) is 7.87. The maximum absolute atomic E-state index is 12.3. The smallest absolute Gasteiger partial charge is 0.267 e. The van der Waals surface area contributed by atoms with Gasteiger partial charge in [-0.15, -0.1) is 10.2 Å². The van der Waals surface area contributed by atoms with E-state index in [2.05, 4.69) is 20.2 Å². The van der Waals surface area contributed by atoms with Gasteiger partial charge in [-0.1, -0.05) is 25.2 Å². The Kier molecular flexibility index (Phi) is 4.64. The van der Waals surface area contributed by atoms with E-state index in [1.165, 1.54) is 17.4 Å². The molecule has 0 fully saturated rings. The summed E-state index contributed by atoms with van der Waals surface area (Å²) < 4.78 is 32.6. The number of aromatic nitrogens is 2. The number of nitrogens with one attached hydrogen (secondary N) is 2. The van der Waals surface area contributed by atoms with Crippen LogP contribution in [0.1, 0.15) is 30.4 Å². The van der Waals surface area contributed by atoms with Gasteiger partial charge in [0.15, 0.2) is 0 Å². The van der Waals surface area contributed by atoms with Gasteiger partial charge in [0, 0.05) is 12.1 Å². The highest BCUT2D eigenvalue weighted by Gasteiger charge is 2.23. The highest BCUT2D eigenvalue weighted by Crippen LogP contribution is 2.24. The van der Waals surface area contributed by atoms with Crippen molar-refractivity contribution in [3.8, 4) is 0 Å². The van der Waals surface area contributed by atoms with Crippen LogP contribution in [0.3, 0.4) is 0 Å². The molecular formula is C12H18N4O3S2. The predicted molar refractivity (Wildman–Crippen MR) is 80.9 cm³/mol. The Labute approximate surface area is 127 Å². The second-order valence-corrected chi connectivity index (χ2v) is 7.73. The Morgan fingerprint density at radius 1 is 1.33 bits per heavy atom. The third-order valence-electron chi connectivity index (χ3n) is 2.65. The van der Waals surface area contributed by atoms with Crippen molar-refractivity contribution >= 4 is 26.5 Å². The Morgan fingerprint density at radius 2 is 2.05 bits per heavy atom. The molecule has 0 saturated carbocycles. The van der Waals surface area contributed by atoms with Crippen molar-refractivity contribution in [2.75, 3.05) is 4.72 Å². The van der Waals surface area contributed by atoms with E-state index in [4.69, 9.17) is 4.42 Å². The molecule has 2 aromatic rings. The van der Waals surface area contributed by atoms with Gasteiger partial charge in [-0.05, 0) is 13.8 Å². The van der Waals surface area contributed by atoms with Crippen LogP contribution in [0.25, 0.3) is 0 Å². The number of anilines is 1. The van der Waals surface area contributed by atoms with Gasteiger partial charge in [-0.25, -0.2) is 8.42 Å². The maximum Gasteiger partial charge on any atom is 0.267 e. The molecule has 0 saturated heterocycles. The van der Waals surface area contributed by atoms with Crippen LogP contribution in [0.5, 0.6) is 0 Å². The van der Waals surface area contributed by atoms with Crippen LogP contribution in [-0.2, 0) is 16.6 Å². The van der Waals surface area contributed by atoms with Gasteiger partial charge in [0.25, 0.3) is 10.0 Å². The fraction of sp³-hybridized carbons (Fsp3) is 0.500. The van der Waals surface area contributed by atoms with E-state index in [1.54, 1.807) is 13.8 Å². The van der Waals surface area contributed by atoms with Crippen LogP contribution < -0.4 is 10.0 Å². The molecule has 0 atom stereocenters. The van der Waals surface area contributed by atoms with Crippen LogP contribution in [0.4, 0.5) is 5.13 Å². The van der Waals surface area contributed by atoms with Gasteiger partial charge in [-0.3, -0.25) is 4.72 Å². The minimum atomic E-state index is -3.71. The number of furan rings is 1. The standard InChI is InChI=1S/C12H18N4O3S2/c1-7(2)13-6-10-5-11(8(3)19-10)21(17,18)16-12-15-14-9(4)20-12/h5,7,13H,6H2,1-4H3,(H,15,16). The number of sulfonamides is 1. The zero-order valence-corrected chi connectivity index (χ0v) is 13.9. The molecule has 0 aliphatic heterocycles. The molecule has 0 bridgehead atoms. The van der Waals surface area contributed by atoms with Gasteiger partial charge in [-0.2, -0.15) is 0 Å². The molecule has 9 heteroatoms. The Balaban J connectivity index is 2.19. The molecule has 0 amide bonds. The Bertz CT molecular complexity index is 719. The summed E-state index contributed by atoms with van der Waals surface area (Å²) in [6.07, 6.45) is 0. The number of nitrogens with zero attached hydrogens (tertiary/aromatic N) is 2. The van der Waals surface area contributed by atoms with E-state index >= 15 is 0 Å². The van der Waals surface area contributed by atoms with Crippen LogP contribution in [0.2, 0.25) is 0 Å². The van der Waals surface area contributed by atoms with Crippen molar-refractivity contribution in [1.82, 2.24) is 15.5 Å². The first-order chi connectivity index (χ1) is 9.78. The summed E-state index contributed by atoms with van der Waals surface area (Å²) in [5, 5.41) is 11.7. The molecule has 0 aromatic carbocycles. The van der Waals surface area contributed by atoms with Gasteiger partial charge in [0.1, 0.15) is 21.4 Å². The molecule has 0 aliphatic rings. The molecule has 0 aliphatic carbocycles. The molecule has 2 rings (SSSR count).